The second kappa shape index (κ2) is 7.89. The fourth-order valence-corrected chi connectivity index (χ4v) is 4.79. The Bertz CT molecular complexity index is 1290. The van der Waals surface area contributed by atoms with Crippen molar-refractivity contribution in [2.75, 3.05) is 10.6 Å². The highest BCUT2D eigenvalue weighted by molar-refractivity contribution is 6.30. The summed E-state index contributed by atoms with van der Waals surface area (Å²) in [6.45, 7) is 6.17. The number of carbonyl (C=O) groups is 2. The van der Waals surface area contributed by atoms with Gasteiger partial charge in [0.15, 0.2) is 5.78 Å². The highest BCUT2D eigenvalue weighted by Gasteiger charge is 2.42. The van der Waals surface area contributed by atoms with Gasteiger partial charge in [-0.25, -0.2) is 4.68 Å². The Balaban J connectivity index is 1.58. The Labute approximate surface area is 197 Å². The molecule has 0 radical (unpaired) electrons. The van der Waals surface area contributed by atoms with Gasteiger partial charge in [0.05, 0.1) is 6.20 Å². The predicted molar refractivity (Wildman–Crippen MR) is 130 cm³/mol. The predicted octanol–water partition coefficient (Wildman–Crippen LogP) is 5.76. The van der Waals surface area contributed by atoms with E-state index in [2.05, 4.69) is 29.6 Å². The highest BCUT2D eigenvalue weighted by atomic mass is 35.5. The molecule has 33 heavy (non-hydrogen) atoms. The van der Waals surface area contributed by atoms with Gasteiger partial charge in [-0.15, -0.1) is 0 Å². The van der Waals surface area contributed by atoms with E-state index in [-0.39, 0.29) is 17.1 Å². The molecule has 1 atom stereocenters. The van der Waals surface area contributed by atoms with Crippen LogP contribution >= 0.6 is 11.6 Å². The zero-order valence-electron chi connectivity index (χ0n) is 18.8. The lowest BCUT2D eigenvalue weighted by Crippen LogP contribution is -2.36. The molecule has 0 saturated carbocycles. The van der Waals surface area contributed by atoms with Crippen molar-refractivity contribution in [3.63, 3.8) is 0 Å². The molecule has 5 rings (SSSR count). The topological polar surface area (TPSA) is 76.0 Å². The number of anilines is 2. The third-order valence-electron chi connectivity index (χ3n) is 6.24. The number of nitrogens with zero attached hydrogens (tertiary/aromatic N) is 2. The lowest BCUT2D eigenvalue weighted by Gasteiger charge is -2.39. The molecule has 7 heteroatoms. The van der Waals surface area contributed by atoms with E-state index in [1.165, 1.54) is 0 Å². The lowest BCUT2D eigenvalue weighted by molar-refractivity contribution is -0.118. The largest absolute Gasteiger partial charge is 0.343 e. The molecule has 168 valence electrons. The van der Waals surface area contributed by atoms with Crippen LogP contribution in [0.2, 0.25) is 5.02 Å². The number of carbonyl (C=O) groups excluding carboxylic acids is 2. The van der Waals surface area contributed by atoms with Gasteiger partial charge in [-0.3, -0.25) is 9.59 Å². The van der Waals surface area contributed by atoms with Crippen molar-refractivity contribution in [1.82, 2.24) is 9.78 Å². The number of hydrogen-bond donors (Lipinski definition) is 2. The average molecular weight is 461 g/mol. The van der Waals surface area contributed by atoms with Gasteiger partial charge >= 0.3 is 0 Å². The number of halogens is 1. The second-order valence-corrected chi connectivity index (χ2v) is 10.0. The van der Waals surface area contributed by atoms with E-state index in [9.17, 15) is 9.59 Å². The van der Waals surface area contributed by atoms with Crippen LogP contribution in [0.4, 0.5) is 11.5 Å². The summed E-state index contributed by atoms with van der Waals surface area (Å²) in [5, 5.41) is 11.5. The molecule has 0 fully saturated rings. The number of aryl methyl sites for hydroxylation is 1. The van der Waals surface area contributed by atoms with Crippen LogP contribution in [0.5, 0.6) is 0 Å². The molecule has 3 aromatic rings. The smallest absolute Gasteiger partial charge is 0.261 e. The Morgan fingerprint density at radius 1 is 1.12 bits per heavy atom. The molecule has 2 N–H and O–H groups in total. The summed E-state index contributed by atoms with van der Waals surface area (Å²) in [5.41, 5.74) is 4.55. The molecule has 0 saturated heterocycles. The van der Waals surface area contributed by atoms with Gasteiger partial charge in [0.2, 0.25) is 0 Å². The van der Waals surface area contributed by atoms with E-state index in [0.29, 0.717) is 40.5 Å². The van der Waals surface area contributed by atoms with Gasteiger partial charge in [-0.2, -0.15) is 5.10 Å². The SMILES string of the molecule is Cc1ccc(NC(=O)c2cnn3c2NC2=C(C(=O)CC(C)(C)C2)[C@H]3c2ccc(Cl)cc2)cc1. The standard InChI is InChI=1S/C26H25ClN4O2/c1-15-4-10-18(11-5-15)29-25(33)19-14-28-31-23(16-6-8-17(27)9-7-16)22-20(30-24(19)31)12-26(2,3)13-21(22)32/h4-11,14,23,30H,12-13H2,1-3H3,(H,29,33)/t23-/m1/s1. The lowest BCUT2D eigenvalue weighted by atomic mass is 9.73. The number of Topliss-reactive ketones (excluding diaryl/α,β-unsaturated/α-hetero) is 1. The van der Waals surface area contributed by atoms with Crippen molar-refractivity contribution in [2.24, 2.45) is 5.41 Å². The summed E-state index contributed by atoms with van der Waals surface area (Å²) in [4.78, 5) is 26.4. The minimum Gasteiger partial charge on any atom is -0.343 e. The number of rotatable bonds is 3. The maximum Gasteiger partial charge on any atom is 0.261 e. The number of fused-ring (bicyclic) bond motifs is 1. The molecule has 2 heterocycles. The van der Waals surface area contributed by atoms with Crippen molar-refractivity contribution in [3.8, 4) is 0 Å². The minimum atomic E-state index is -0.418. The summed E-state index contributed by atoms with van der Waals surface area (Å²) >= 11 is 6.12. The number of nitrogens with one attached hydrogen (secondary N) is 2. The average Bonchev–Trinajstić information content (AvgIpc) is 3.17. The Morgan fingerprint density at radius 2 is 1.82 bits per heavy atom. The molecule has 1 aromatic heterocycles. The summed E-state index contributed by atoms with van der Waals surface area (Å²) in [5.74, 6) is 0.428. The number of amides is 1. The van der Waals surface area contributed by atoms with Crippen molar-refractivity contribution in [3.05, 3.63) is 87.7 Å². The summed E-state index contributed by atoms with van der Waals surface area (Å²) in [7, 11) is 0. The van der Waals surface area contributed by atoms with Gasteiger partial charge < -0.3 is 10.6 Å². The minimum absolute atomic E-state index is 0.0977. The zero-order chi connectivity index (χ0) is 23.3. The fourth-order valence-electron chi connectivity index (χ4n) is 4.67. The molecule has 2 aromatic carbocycles. The molecule has 0 unspecified atom stereocenters. The summed E-state index contributed by atoms with van der Waals surface area (Å²) in [6.07, 6.45) is 2.74. The third-order valence-corrected chi connectivity index (χ3v) is 6.49. The van der Waals surface area contributed by atoms with E-state index in [1.807, 2.05) is 55.5 Å². The molecule has 2 aliphatic rings. The maximum atomic E-state index is 13.3. The first-order valence-electron chi connectivity index (χ1n) is 11.0. The number of benzene rings is 2. The quantitative estimate of drug-likeness (QED) is 0.521. The van der Waals surface area contributed by atoms with Gasteiger partial charge in [-0.05, 0) is 48.6 Å². The van der Waals surface area contributed by atoms with Crippen LogP contribution in [0.1, 0.15) is 54.2 Å². The first-order valence-corrected chi connectivity index (χ1v) is 11.3. The normalized spacial score (nSPS) is 18.9. The van der Waals surface area contributed by atoms with Crippen molar-refractivity contribution < 1.29 is 9.59 Å². The number of aromatic nitrogens is 2. The van der Waals surface area contributed by atoms with E-state index < -0.39 is 6.04 Å². The van der Waals surface area contributed by atoms with Crippen LogP contribution in [-0.2, 0) is 4.79 Å². The molecule has 1 aliphatic heterocycles. The molecule has 6 nitrogen and oxygen atoms in total. The van der Waals surface area contributed by atoms with E-state index >= 15 is 0 Å². The Morgan fingerprint density at radius 3 is 2.52 bits per heavy atom. The van der Waals surface area contributed by atoms with E-state index in [0.717, 1.165) is 16.8 Å². The molecular weight excluding hydrogens is 436 g/mol. The molecule has 1 amide bonds. The van der Waals surface area contributed by atoms with E-state index in [4.69, 9.17) is 11.6 Å². The Kier molecular flexibility index (Phi) is 5.13. The van der Waals surface area contributed by atoms with Crippen molar-refractivity contribution in [1.29, 1.82) is 0 Å². The first kappa shape index (κ1) is 21.5. The molecule has 0 spiro atoms. The van der Waals surface area contributed by atoms with Crippen LogP contribution in [0.15, 0.2) is 66.0 Å². The maximum absolute atomic E-state index is 13.3. The number of hydrogen-bond acceptors (Lipinski definition) is 4. The summed E-state index contributed by atoms with van der Waals surface area (Å²) in [6, 6.07) is 14.7. The number of allylic oxidation sites excluding steroid dienone is 2. The molecule has 0 bridgehead atoms. The van der Waals surface area contributed by atoms with Crippen molar-refractivity contribution in [2.45, 2.75) is 39.7 Å². The molecule has 1 aliphatic carbocycles. The van der Waals surface area contributed by atoms with Crippen molar-refractivity contribution >= 4 is 34.8 Å². The van der Waals surface area contributed by atoms with Crippen LogP contribution < -0.4 is 10.6 Å². The third kappa shape index (κ3) is 3.95. The van der Waals surface area contributed by atoms with Crippen LogP contribution in [0, 0.1) is 12.3 Å². The fraction of sp³-hybridized carbons (Fsp3) is 0.269. The summed E-state index contributed by atoms with van der Waals surface area (Å²) < 4.78 is 1.74. The first-order chi connectivity index (χ1) is 15.7. The van der Waals surface area contributed by atoms with Gasteiger partial charge in [0.25, 0.3) is 5.91 Å². The van der Waals surface area contributed by atoms with Gasteiger partial charge in [0.1, 0.15) is 17.4 Å². The zero-order valence-corrected chi connectivity index (χ0v) is 19.5. The van der Waals surface area contributed by atoms with Gasteiger partial charge in [0, 0.05) is 28.4 Å². The highest BCUT2D eigenvalue weighted by Crippen LogP contribution is 2.46. The van der Waals surface area contributed by atoms with Crippen LogP contribution in [-0.4, -0.2) is 21.5 Å². The second-order valence-electron chi connectivity index (χ2n) is 9.58. The van der Waals surface area contributed by atoms with Crippen LogP contribution in [0.25, 0.3) is 0 Å². The van der Waals surface area contributed by atoms with Gasteiger partial charge in [-0.1, -0.05) is 55.3 Å². The van der Waals surface area contributed by atoms with E-state index in [1.54, 1.807) is 10.9 Å². The monoisotopic (exact) mass is 460 g/mol. The molecular formula is C26H25ClN4O2. The van der Waals surface area contributed by atoms with Crippen LogP contribution in [0.3, 0.4) is 0 Å². The number of ketones is 1. The Hall–Kier alpha value is -3.38.